The number of fused-ring (bicyclic) bond motifs is 1. The fraction of sp³-hybridized carbons (Fsp3) is 0.350. The third-order valence-electron chi connectivity index (χ3n) is 4.98. The predicted molar refractivity (Wildman–Crippen MR) is 92.9 cm³/mol. The van der Waals surface area contributed by atoms with Gasteiger partial charge in [-0.2, -0.15) is 0 Å². The molecule has 1 aliphatic heterocycles. The molecule has 0 aromatic heterocycles. The van der Waals surface area contributed by atoms with E-state index in [1.54, 1.807) is 14.2 Å². The van der Waals surface area contributed by atoms with Gasteiger partial charge >= 0.3 is 0 Å². The molecule has 4 rings (SSSR count). The Labute approximate surface area is 142 Å². The summed E-state index contributed by atoms with van der Waals surface area (Å²) in [7, 11) is 3.23. The Morgan fingerprint density at radius 2 is 1.79 bits per heavy atom. The Morgan fingerprint density at radius 3 is 2.50 bits per heavy atom. The average molecular weight is 323 g/mol. The molecule has 2 aromatic carbocycles. The van der Waals surface area contributed by atoms with Crippen LogP contribution in [0.5, 0.6) is 11.5 Å². The van der Waals surface area contributed by atoms with Crippen LogP contribution in [0.1, 0.15) is 41.2 Å². The third-order valence-corrected chi connectivity index (χ3v) is 4.98. The second-order valence-corrected chi connectivity index (χ2v) is 6.50. The van der Waals surface area contributed by atoms with Gasteiger partial charge in [0.1, 0.15) is 0 Å². The molecule has 0 saturated heterocycles. The Kier molecular flexibility index (Phi) is 3.68. The molecule has 0 spiro atoms. The summed E-state index contributed by atoms with van der Waals surface area (Å²) in [4.78, 5) is 14.9. The summed E-state index contributed by atoms with van der Waals surface area (Å²) >= 11 is 0. The number of hydrogen-bond acceptors (Lipinski definition) is 3. The molecule has 4 nitrogen and oxygen atoms in total. The average Bonchev–Trinajstić information content (AvgIpc) is 3.40. The molecular weight excluding hydrogens is 302 g/mol. The first-order chi connectivity index (χ1) is 11.7. The van der Waals surface area contributed by atoms with Crippen molar-refractivity contribution in [2.75, 3.05) is 19.1 Å². The van der Waals surface area contributed by atoms with Gasteiger partial charge in [0.25, 0.3) is 5.91 Å². The second-order valence-electron chi connectivity index (χ2n) is 6.50. The molecule has 124 valence electrons. The molecule has 1 heterocycles. The normalized spacial score (nSPS) is 19.3. The molecule has 1 fully saturated rings. The Balaban J connectivity index is 1.77. The minimum atomic E-state index is 0.0727. The van der Waals surface area contributed by atoms with Crippen LogP contribution in [0.2, 0.25) is 0 Å². The highest BCUT2D eigenvalue weighted by molar-refractivity contribution is 6.11. The van der Waals surface area contributed by atoms with Gasteiger partial charge in [-0.05, 0) is 36.1 Å². The van der Waals surface area contributed by atoms with E-state index in [0.717, 1.165) is 29.2 Å². The van der Waals surface area contributed by atoms with Crippen LogP contribution in [-0.2, 0) is 0 Å². The monoisotopic (exact) mass is 323 g/mol. The minimum Gasteiger partial charge on any atom is -0.493 e. The topological polar surface area (TPSA) is 38.8 Å². The number of ether oxygens (including phenoxy) is 2. The molecular formula is C20H21NO3. The number of hydrogen-bond donors (Lipinski definition) is 0. The summed E-state index contributed by atoms with van der Waals surface area (Å²) < 4.78 is 10.7. The van der Waals surface area contributed by atoms with Crippen LogP contribution < -0.4 is 14.4 Å². The van der Waals surface area contributed by atoms with E-state index in [1.165, 1.54) is 12.8 Å². The van der Waals surface area contributed by atoms with Crippen molar-refractivity contribution in [2.24, 2.45) is 5.92 Å². The van der Waals surface area contributed by atoms with Crippen LogP contribution in [0, 0.1) is 5.92 Å². The zero-order chi connectivity index (χ0) is 16.7. The Hall–Kier alpha value is -2.49. The van der Waals surface area contributed by atoms with Gasteiger partial charge in [-0.25, -0.2) is 0 Å². The van der Waals surface area contributed by atoms with Crippen LogP contribution in [0.25, 0.3) is 0 Å². The standard InChI is InChI=1S/C20H21NO3/c1-23-18-10-9-14(12-19(18)24-2)21-17(11-13-7-8-13)15-5-3-4-6-16(15)20(21)22/h3-6,9-10,12-13,17H,7-8,11H2,1-2H3. The first-order valence-electron chi connectivity index (χ1n) is 8.37. The lowest BCUT2D eigenvalue weighted by Crippen LogP contribution is -2.28. The van der Waals surface area contributed by atoms with Crippen molar-refractivity contribution in [2.45, 2.75) is 25.3 Å². The zero-order valence-corrected chi connectivity index (χ0v) is 14.0. The summed E-state index contributed by atoms with van der Waals surface area (Å²) in [5, 5.41) is 0. The van der Waals surface area contributed by atoms with E-state index >= 15 is 0 Å². The zero-order valence-electron chi connectivity index (χ0n) is 14.0. The van der Waals surface area contributed by atoms with Crippen molar-refractivity contribution in [1.29, 1.82) is 0 Å². The highest BCUT2D eigenvalue weighted by atomic mass is 16.5. The van der Waals surface area contributed by atoms with Crippen LogP contribution in [0.15, 0.2) is 42.5 Å². The second kappa shape index (κ2) is 5.86. The van der Waals surface area contributed by atoms with E-state index in [-0.39, 0.29) is 11.9 Å². The number of methoxy groups -OCH3 is 2. The molecule has 1 saturated carbocycles. The number of anilines is 1. The summed E-state index contributed by atoms with van der Waals surface area (Å²) in [6.07, 6.45) is 3.57. The van der Waals surface area contributed by atoms with Gasteiger partial charge < -0.3 is 14.4 Å². The molecule has 1 atom stereocenters. The molecule has 2 aromatic rings. The molecule has 1 amide bonds. The van der Waals surface area contributed by atoms with Crippen LogP contribution in [0.4, 0.5) is 5.69 Å². The van der Waals surface area contributed by atoms with E-state index < -0.39 is 0 Å². The number of carbonyl (C=O) groups is 1. The maximum absolute atomic E-state index is 13.0. The van der Waals surface area contributed by atoms with E-state index in [1.807, 2.05) is 41.3 Å². The number of amides is 1. The van der Waals surface area contributed by atoms with E-state index in [2.05, 4.69) is 6.07 Å². The molecule has 24 heavy (non-hydrogen) atoms. The summed E-state index contributed by atoms with van der Waals surface area (Å²) in [6, 6.07) is 13.8. The maximum atomic E-state index is 13.0. The number of rotatable bonds is 5. The van der Waals surface area contributed by atoms with Gasteiger partial charge in [0.2, 0.25) is 0 Å². The van der Waals surface area contributed by atoms with Crippen molar-refractivity contribution >= 4 is 11.6 Å². The molecule has 0 radical (unpaired) electrons. The fourth-order valence-corrected chi connectivity index (χ4v) is 3.57. The Morgan fingerprint density at radius 1 is 1.04 bits per heavy atom. The molecule has 0 bridgehead atoms. The summed E-state index contributed by atoms with van der Waals surface area (Å²) in [6.45, 7) is 0. The van der Waals surface area contributed by atoms with Crippen molar-refractivity contribution in [3.8, 4) is 11.5 Å². The summed E-state index contributed by atoms with van der Waals surface area (Å²) in [5.74, 6) is 2.12. The SMILES string of the molecule is COc1ccc(N2C(=O)c3ccccc3C2CC2CC2)cc1OC. The van der Waals surface area contributed by atoms with Crippen LogP contribution >= 0.6 is 0 Å². The lowest BCUT2D eigenvalue weighted by Gasteiger charge is -2.26. The molecule has 4 heteroatoms. The number of nitrogens with zero attached hydrogens (tertiary/aromatic N) is 1. The lowest BCUT2D eigenvalue weighted by molar-refractivity contribution is 0.0990. The van der Waals surface area contributed by atoms with Gasteiger partial charge in [0.05, 0.1) is 20.3 Å². The first-order valence-corrected chi connectivity index (χ1v) is 8.37. The first kappa shape index (κ1) is 15.1. The van der Waals surface area contributed by atoms with Crippen LogP contribution in [0.3, 0.4) is 0 Å². The molecule has 1 unspecified atom stereocenters. The lowest BCUT2D eigenvalue weighted by atomic mass is 10.00. The maximum Gasteiger partial charge on any atom is 0.259 e. The molecule has 0 N–H and O–H groups in total. The van der Waals surface area contributed by atoms with E-state index in [4.69, 9.17) is 9.47 Å². The Bertz CT molecular complexity index is 782. The quantitative estimate of drug-likeness (QED) is 0.827. The van der Waals surface area contributed by atoms with Gasteiger partial charge in [-0.3, -0.25) is 4.79 Å². The largest absolute Gasteiger partial charge is 0.493 e. The van der Waals surface area contributed by atoms with Crippen molar-refractivity contribution < 1.29 is 14.3 Å². The fourth-order valence-electron chi connectivity index (χ4n) is 3.57. The number of benzene rings is 2. The highest BCUT2D eigenvalue weighted by Crippen LogP contribution is 2.47. The van der Waals surface area contributed by atoms with Crippen molar-refractivity contribution in [1.82, 2.24) is 0 Å². The highest BCUT2D eigenvalue weighted by Gasteiger charge is 2.40. The van der Waals surface area contributed by atoms with Crippen molar-refractivity contribution in [3.05, 3.63) is 53.6 Å². The van der Waals surface area contributed by atoms with Gasteiger partial charge in [0, 0.05) is 17.3 Å². The summed E-state index contributed by atoms with van der Waals surface area (Å²) in [5.41, 5.74) is 2.82. The van der Waals surface area contributed by atoms with Gasteiger partial charge in [0.15, 0.2) is 11.5 Å². The van der Waals surface area contributed by atoms with E-state index in [9.17, 15) is 4.79 Å². The van der Waals surface area contributed by atoms with Crippen LogP contribution in [-0.4, -0.2) is 20.1 Å². The third kappa shape index (κ3) is 2.42. The van der Waals surface area contributed by atoms with Crippen molar-refractivity contribution in [3.63, 3.8) is 0 Å². The predicted octanol–water partition coefficient (Wildman–Crippen LogP) is 4.21. The molecule has 2 aliphatic rings. The van der Waals surface area contributed by atoms with E-state index in [0.29, 0.717) is 11.5 Å². The molecule has 1 aliphatic carbocycles. The number of carbonyl (C=O) groups excluding carboxylic acids is 1. The smallest absolute Gasteiger partial charge is 0.259 e. The van der Waals surface area contributed by atoms with Gasteiger partial charge in [-0.1, -0.05) is 31.0 Å². The minimum absolute atomic E-state index is 0.0727. The van der Waals surface area contributed by atoms with Gasteiger partial charge in [-0.15, -0.1) is 0 Å².